The van der Waals surface area contributed by atoms with E-state index in [2.05, 4.69) is 10.3 Å². The monoisotopic (exact) mass is 356 g/mol. The second-order valence-corrected chi connectivity index (χ2v) is 5.66. The lowest BCUT2D eigenvalue weighted by molar-refractivity contribution is -0.119. The maximum atomic E-state index is 12.1. The van der Waals surface area contributed by atoms with E-state index in [-0.39, 0.29) is 11.1 Å². The highest BCUT2D eigenvalue weighted by Gasteiger charge is 2.13. The van der Waals surface area contributed by atoms with Gasteiger partial charge >= 0.3 is 5.97 Å². The summed E-state index contributed by atoms with van der Waals surface area (Å²) in [4.78, 5) is 38.7. The summed E-state index contributed by atoms with van der Waals surface area (Å²) in [6.07, 6.45) is 0. The number of nitrogens with one attached hydrogen (secondary N) is 2. The Balaban J connectivity index is 1.65. The molecule has 0 unspecified atom stereocenters. The number of pyridine rings is 1. The second kappa shape index (κ2) is 7.19. The molecule has 0 aliphatic heterocycles. The van der Waals surface area contributed by atoms with Gasteiger partial charge in [-0.1, -0.05) is 23.7 Å². The smallest absolute Gasteiger partial charge is 0.355 e. The number of aromatic nitrogens is 1. The third-order valence-corrected chi connectivity index (χ3v) is 3.67. The summed E-state index contributed by atoms with van der Waals surface area (Å²) in [5, 5.41) is 3.59. The molecule has 2 aromatic carbocycles. The lowest BCUT2D eigenvalue weighted by Crippen LogP contribution is -2.22. The number of carbonyl (C=O) groups is 2. The van der Waals surface area contributed by atoms with Gasteiger partial charge in [0.05, 0.1) is 0 Å². The number of hydrogen-bond acceptors (Lipinski definition) is 4. The zero-order valence-corrected chi connectivity index (χ0v) is 13.7. The fourth-order valence-corrected chi connectivity index (χ4v) is 2.37. The first-order chi connectivity index (χ1) is 12.0. The molecule has 0 atom stereocenters. The average Bonchev–Trinajstić information content (AvgIpc) is 2.61. The molecule has 0 radical (unpaired) electrons. The zero-order chi connectivity index (χ0) is 17.8. The first kappa shape index (κ1) is 16.7. The number of aromatic amines is 1. The molecule has 1 heterocycles. The summed E-state index contributed by atoms with van der Waals surface area (Å²) in [5.74, 6) is -1.28. The molecule has 126 valence electrons. The van der Waals surface area contributed by atoms with Gasteiger partial charge in [-0.3, -0.25) is 9.59 Å². The molecule has 3 aromatic rings. The molecule has 0 aliphatic rings. The molecule has 0 spiro atoms. The maximum absolute atomic E-state index is 12.1. The number of carbonyl (C=O) groups excluding carboxylic acids is 2. The minimum absolute atomic E-state index is 0.0111. The molecule has 7 heteroatoms. The minimum atomic E-state index is -0.783. The van der Waals surface area contributed by atoms with E-state index in [0.717, 1.165) is 6.07 Å². The van der Waals surface area contributed by atoms with Crippen LogP contribution in [0.4, 0.5) is 5.69 Å². The number of anilines is 1. The second-order valence-electron chi connectivity index (χ2n) is 5.22. The van der Waals surface area contributed by atoms with Crippen LogP contribution in [0.25, 0.3) is 10.9 Å². The third-order valence-electron chi connectivity index (χ3n) is 3.42. The molecule has 25 heavy (non-hydrogen) atoms. The van der Waals surface area contributed by atoms with Crippen LogP contribution in [0.5, 0.6) is 0 Å². The van der Waals surface area contributed by atoms with Crippen molar-refractivity contribution in [1.82, 2.24) is 4.98 Å². The van der Waals surface area contributed by atoms with Crippen LogP contribution in [-0.4, -0.2) is 23.5 Å². The molecule has 0 saturated carbocycles. The summed E-state index contributed by atoms with van der Waals surface area (Å²) >= 11 is 5.76. The van der Waals surface area contributed by atoms with E-state index in [1.165, 1.54) is 0 Å². The van der Waals surface area contributed by atoms with Crippen molar-refractivity contribution in [3.8, 4) is 0 Å². The van der Waals surface area contributed by atoms with Crippen molar-refractivity contribution in [2.24, 2.45) is 0 Å². The Morgan fingerprint density at radius 2 is 1.80 bits per heavy atom. The van der Waals surface area contributed by atoms with Crippen LogP contribution < -0.4 is 10.7 Å². The lowest BCUT2D eigenvalue weighted by atomic mass is 10.2. The first-order valence-corrected chi connectivity index (χ1v) is 7.75. The number of hydrogen-bond donors (Lipinski definition) is 2. The highest BCUT2D eigenvalue weighted by atomic mass is 35.5. The number of esters is 1. The molecule has 1 aromatic heterocycles. The van der Waals surface area contributed by atoms with Gasteiger partial charge in [0.15, 0.2) is 12.0 Å². The van der Waals surface area contributed by atoms with Crippen LogP contribution in [0.2, 0.25) is 5.02 Å². The molecule has 0 saturated heterocycles. The number of ether oxygens (including phenoxy) is 1. The van der Waals surface area contributed by atoms with Gasteiger partial charge < -0.3 is 15.0 Å². The van der Waals surface area contributed by atoms with E-state index in [1.807, 2.05) is 0 Å². The molecule has 6 nitrogen and oxygen atoms in total. The van der Waals surface area contributed by atoms with Crippen LogP contribution in [-0.2, 0) is 9.53 Å². The Morgan fingerprint density at radius 3 is 2.56 bits per heavy atom. The van der Waals surface area contributed by atoms with E-state index >= 15 is 0 Å². The molecule has 0 bridgehead atoms. The summed E-state index contributed by atoms with van der Waals surface area (Å²) in [5.41, 5.74) is 0.743. The quantitative estimate of drug-likeness (QED) is 0.703. The van der Waals surface area contributed by atoms with E-state index < -0.39 is 18.5 Å². The zero-order valence-electron chi connectivity index (χ0n) is 12.9. The third kappa shape index (κ3) is 4.05. The summed E-state index contributed by atoms with van der Waals surface area (Å²) in [6, 6.07) is 14.5. The van der Waals surface area contributed by atoms with Crippen molar-refractivity contribution in [2.45, 2.75) is 0 Å². The van der Waals surface area contributed by atoms with Crippen LogP contribution in [0.15, 0.2) is 59.4 Å². The Morgan fingerprint density at radius 1 is 1.08 bits per heavy atom. The van der Waals surface area contributed by atoms with E-state index in [0.29, 0.717) is 21.6 Å². The van der Waals surface area contributed by atoms with E-state index in [4.69, 9.17) is 16.3 Å². The molecule has 2 N–H and O–H groups in total. The Kier molecular flexibility index (Phi) is 4.81. The van der Waals surface area contributed by atoms with Crippen molar-refractivity contribution >= 4 is 40.1 Å². The van der Waals surface area contributed by atoms with Crippen molar-refractivity contribution in [3.05, 3.63) is 75.5 Å². The maximum Gasteiger partial charge on any atom is 0.355 e. The van der Waals surface area contributed by atoms with Crippen molar-refractivity contribution in [3.63, 3.8) is 0 Å². The fraction of sp³-hybridized carbons (Fsp3) is 0.0556. The van der Waals surface area contributed by atoms with Gasteiger partial charge in [-0.25, -0.2) is 4.79 Å². The Hall–Kier alpha value is -3.12. The highest BCUT2D eigenvalue weighted by Crippen LogP contribution is 2.13. The normalized spacial score (nSPS) is 10.4. The average molecular weight is 357 g/mol. The van der Waals surface area contributed by atoms with E-state index in [1.54, 1.807) is 48.5 Å². The number of fused-ring (bicyclic) bond motifs is 1. The van der Waals surface area contributed by atoms with Gasteiger partial charge in [0, 0.05) is 27.7 Å². The van der Waals surface area contributed by atoms with Gasteiger partial charge in [0.2, 0.25) is 0 Å². The standard InChI is InChI=1S/C18H13ClN2O4/c19-11-5-7-12(8-6-11)20-17(23)10-25-18(24)15-9-16(22)13-3-1-2-4-14(13)21-15/h1-9H,10H2,(H,20,23)(H,21,22). The molecule has 1 amide bonds. The van der Waals surface area contributed by atoms with Gasteiger partial charge in [0.25, 0.3) is 5.91 Å². The topological polar surface area (TPSA) is 88.3 Å². The summed E-state index contributed by atoms with van der Waals surface area (Å²) < 4.78 is 4.94. The number of benzene rings is 2. The SMILES string of the molecule is O=C(COC(=O)c1cc(=O)c2ccccc2[nH]1)Nc1ccc(Cl)cc1. The summed E-state index contributed by atoms with van der Waals surface area (Å²) in [6.45, 7) is -0.476. The number of H-pyrrole nitrogens is 1. The predicted octanol–water partition coefficient (Wildman–Crippen LogP) is 2.98. The molecule has 0 fully saturated rings. The van der Waals surface area contributed by atoms with Crippen LogP contribution >= 0.6 is 11.6 Å². The lowest BCUT2D eigenvalue weighted by Gasteiger charge is -2.07. The van der Waals surface area contributed by atoms with Crippen LogP contribution in [0.1, 0.15) is 10.5 Å². The minimum Gasteiger partial charge on any atom is -0.451 e. The van der Waals surface area contributed by atoms with Crippen LogP contribution in [0, 0.1) is 0 Å². The number of halogens is 1. The predicted molar refractivity (Wildman–Crippen MR) is 94.9 cm³/mol. The van der Waals surface area contributed by atoms with Gasteiger partial charge in [-0.15, -0.1) is 0 Å². The number of rotatable bonds is 4. The summed E-state index contributed by atoms with van der Waals surface area (Å²) in [7, 11) is 0. The van der Waals surface area contributed by atoms with E-state index in [9.17, 15) is 14.4 Å². The van der Waals surface area contributed by atoms with Gasteiger partial charge in [0.1, 0.15) is 5.69 Å². The Bertz CT molecular complexity index is 996. The van der Waals surface area contributed by atoms with Crippen molar-refractivity contribution in [1.29, 1.82) is 0 Å². The van der Waals surface area contributed by atoms with Gasteiger partial charge in [-0.05, 0) is 36.4 Å². The first-order valence-electron chi connectivity index (χ1n) is 7.37. The van der Waals surface area contributed by atoms with Crippen molar-refractivity contribution < 1.29 is 14.3 Å². The number of para-hydroxylation sites is 1. The van der Waals surface area contributed by atoms with Crippen LogP contribution in [0.3, 0.4) is 0 Å². The molecule has 3 rings (SSSR count). The fourth-order valence-electron chi connectivity index (χ4n) is 2.25. The largest absolute Gasteiger partial charge is 0.451 e. The molecular formula is C18H13ClN2O4. The number of amides is 1. The molecule has 0 aliphatic carbocycles. The Labute approximate surface area is 147 Å². The van der Waals surface area contributed by atoms with Gasteiger partial charge in [-0.2, -0.15) is 0 Å². The molecular weight excluding hydrogens is 344 g/mol. The highest BCUT2D eigenvalue weighted by molar-refractivity contribution is 6.30. The van der Waals surface area contributed by atoms with Crippen molar-refractivity contribution in [2.75, 3.05) is 11.9 Å².